The molecule has 16 heavy (non-hydrogen) atoms. The van der Waals surface area contributed by atoms with E-state index in [0.717, 1.165) is 5.56 Å². The maximum Gasteiger partial charge on any atom is 0.391 e. The largest absolute Gasteiger partial charge is 0.468 e. The fourth-order valence-corrected chi connectivity index (χ4v) is 1.18. The summed E-state index contributed by atoms with van der Waals surface area (Å²) in [6.45, 7) is 0.349. The number of furan rings is 1. The molecule has 92 valence electrons. The van der Waals surface area contributed by atoms with E-state index in [9.17, 15) is 13.2 Å². The van der Waals surface area contributed by atoms with Gasteiger partial charge < -0.3 is 14.5 Å². The maximum atomic E-state index is 11.8. The topological polar surface area (TPSA) is 34.4 Å². The van der Waals surface area contributed by atoms with Crippen LogP contribution in [0.25, 0.3) is 0 Å². The molecule has 1 rings (SSSR count). The molecule has 0 aliphatic heterocycles. The normalized spacial score (nSPS) is 12.0. The summed E-state index contributed by atoms with van der Waals surface area (Å²) in [5, 5.41) is 2.90. The van der Waals surface area contributed by atoms with Crippen LogP contribution in [0.5, 0.6) is 0 Å². The summed E-state index contributed by atoms with van der Waals surface area (Å²) in [7, 11) is 1.76. The molecule has 0 fully saturated rings. The van der Waals surface area contributed by atoms with Crippen molar-refractivity contribution in [2.75, 3.05) is 13.7 Å². The van der Waals surface area contributed by atoms with Crippen molar-refractivity contribution in [1.82, 2.24) is 5.32 Å². The first-order valence-corrected chi connectivity index (χ1v) is 4.87. The highest BCUT2D eigenvalue weighted by Gasteiger charge is 2.26. The van der Waals surface area contributed by atoms with E-state index in [0.29, 0.717) is 12.3 Å². The van der Waals surface area contributed by atoms with Crippen molar-refractivity contribution in [2.45, 2.75) is 25.7 Å². The fraction of sp³-hybridized carbons (Fsp3) is 0.600. The van der Waals surface area contributed by atoms with Crippen molar-refractivity contribution < 1.29 is 22.3 Å². The third-order valence-electron chi connectivity index (χ3n) is 1.96. The van der Waals surface area contributed by atoms with Crippen LogP contribution in [0.4, 0.5) is 13.2 Å². The smallest absolute Gasteiger partial charge is 0.391 e. The quantitative estimate of drug-likeness (QED) is 0.772. The molecule has 1 heterocycles. The summed E-state index contributed by atoms with van der Waals surface area (Å²) < 4.78 is 45.5. The van der Waals surface area contributed by atoms with E-state index >= 15 is 0 Å². The summed E-state index contributed by atoms with van der Waals surface area (Å²) in [5.74, 6) is 0.689. The lowest BCUT2D eigenvalue weighted by Crippen LogP contribution is -2.12. The van der Waals surface area contributed by atoms with Crippen LogP contribution in [0.3, 0.4) is 0 Å². The molecule has 0 radical (unpaired) electrons. The summed E-state index contributed by atoms with van der Waals surface area (Å²) >= 11 is 0. The fourth-order valence-electron chi connectivity index (χ4n) is 1.18. The first-order chi connectivity index (χ1) is 7.53. The Morgan fingerprint density at radius 3 is 2.81 bits per heavy atom. The van der Waals surface area contributed by atoms with Crippen LogP contribution in [0, 0.1) is 0 Å². The SMILES string of the molecule is CNCc1occc1COCCC(F)(F)F. The average molecular weight is 237 g/mol. The first kappa shape index (κ1) is 13.1. The van der Waals surface area contributed by atoms with Crippen molar-refractivity contribution in [1.29, 1.82) is 0 Å². The van der Waals surface area contributed by atoms with Crippen LogP contribution >= 0.6 is 0 Å². The van der Waals surface area contributed by atoms with Crippen molar-refractivity contribution in [3.05, 3.63) is 23.7 Å². The van der Waals surface area contributed by atoms with Gasteiger partial charge in [-0.1, -0.05) is 0 Å². The predicted molar refractivity (Wildman–Crippen MR) is 51.8 cm³/mol. The number of ether oxygens (including phenoxy) is 1. The van der Waals surface area contributed by atoms with Crippen LogP contribution in [-0.4, -0.2) is 19.8 Å². The van der Waals surface area contributed by atoms with Gasteiger partial charge in [-0.25, -0.2) is 0 Å². The highest BCUT2D eigenvalue weighted by Crippen LogP contribution is 2.19. The molecular formula is C10H14F3NO2. The number of nitrogens with one attached hydrogen (secondary N) is 1. The van der Waals surface area contributed by atoms with Crippen LogP contribution < -0.4 is 5.32 Å². The molecule has 0 aliphatic carbocycles. The average Bonchev–Trinajstić information content (AvgIpc) is 2.60. The van der Waals surface area contributed by atoms with Crippen LogP contribution in [0.15, 0.2) is 16.7 Å². The van der Waals surface area contributed by atoms with Crippen molar-refractivity contribution in [2.24, 2.45) is 0 Å². The van der Waals surface area contributed by atoms with Gasteiger partial charge in [0.15, 0.2) is 0 Å². The monoisotopic (exact) mass is 237 g/mol. The molecule has 1 N–H and O–H groups in total. The predicted octanol–water partition coefficient (Wildman–Crippen LogP) is 2.47. The molecule has 1 aromatic heterocycles. The first-order valence-electron chi connectivity index (χ1n) is 4.87. The summed E-state index contributed by atoms with van der Waals surface area (Å²) in [6.07, 6.45) is -3.59. The number of hydrogen-bond acceptors (Lipinski definition) is 3. The van der Waals surface area contributed by atoms with Gasteiger partial charge >= 0.3 is 6.18 Å². The van der Waals surface area contributed by atoms with Crippen molar-refractivity contribution in [3.8, 4) is 0 Å². The van der Waals surface area contributed by atoms with Crippen LogP contribution in [-0.2, 0) is 17.9 Å². The van der Waals surface area contributed by atoms with E-state index in [1.54, 1.807) is 13.1 Å². The minimum atomic E-state index is -4.16. The Bertz CT molecular complexity index is 309. The molecule has 0 atom stereocenters. The van der Waals surface area contributed by atoms with Crippen molar-refractivity contribution in [3.63, 3.8) is 0 Å². The molecule has 0 bridgehead atoms. The zero-order chi connectivity index (χ0) is 12.0. The number of hydrogen-bond donors (Lipinski definition) is 1. The van der Waals surface area contributed by atoms with E-state index in [2.05, 4.69) is 5.32 Å². The number of rotatable bonds is 6. The van der Waals surface area contributed by atoms with Gasteiger partial charge in [0, 0.05) is 5.56 Å². The molecular weight excluding hydrogens is 223 g/mol. The molecule has 1 aromatic rings. The van der Waals surface area contributed by atoms with E-state index in [4.69, 9.17) is 9.15 Å². The Kier molecular flexibility index (Phi) is 4.82. The molecule has 0 saturated carbocycles. The number of alkyl halides is 3. The summed E-state index contributed by atoms with van der Waals surface area (Å²) in [6, 6.07) is 1.69. The third kappa shape index (κ3) is 4.67. The Morgan fingerprint density at radius 2 is 2.19 bits per heavy atom. The summed E-state index contributed by atoms with van der Waals surface area (Å²) in [5.41, 5.74) is 0.775. The molecule has 0 aliphatic rings. The lowest BCUT2D eigenvalue weighted by molar-refractivity contribution is -0.146. The Morgan fingerprint density at radius 1 is 1.44 bits per heavy atom. The minimum Gasteiger partial charge on any atom is -0.468 e. The maximum absolute atomic E-state index is 11.8. The van der Waals surface area contributed by atoms with Gasteiger partial charge in [0.25, 0.3) is 0 Å². The second-order valence-corrected chi connectivity index (χ2v) is 3.32. The van der Waals surface area contributed by atoms with Gasteiger partial charge in [-0.2, -0.15) is 13.2 Å². The van der Waals surface area contributed by atoms with Gasteiger partial charge in [0.05, 0.1) is 32.4 Å². The molecule has 0 unspecified atom stereocenters. The second kappa shape index (κ2) is 5.91. The molecule has 0 saturated heterocycles. The van der Waals surface area contributed by atoms with E-state index in [1.807, 2.05) is 0 Å². The standard InChI is InChI=1S/C10H14F3NO2/c1-14-6-9-8(2-4-16-9)7-15-5-3-10(11,12)13/h2,4,14H,3,5-7H2,1H3. The molecule has 0 spiro atoms. The van der Waals surface area contributed by atoms with Crippen LogP contribution in [0.2, 0.25) is 0 Å². The third-order valence-corrected chi connectivity index (χ3v) is 1.96. The molecule has 6 heteroatoms. The minimum absolute atomic E-state index is 0.142. The van der Waals surface area contributed by atoms with Gasteiger partial charge in [-0.3, -0.25) is 0 Å². The molecule has 3 nitrogen and oxygen atoms in total. The summed E-state index contributed by atoms with van der Waals surface area (Å²) in [4.78, 5) is 0. The van der Waals surface area contributed by atoms with E-state index in [1.165, 1.54) is 6.26 Å². The second-order valence-electron chi connectivity index (χ2n) is 3.32. The van der Waals surface area contributed by atoms with E-state index in [-0.39, 0.29) is 13.2 Å². The van der Waals surface area contributed by atoms with Gasteiger partial charge in [0.1, 0.15) is 5.76 Å². The zero-order valence-electron chi connectivity index (χ0n) is 8.93. The zero-order valence-corrected chi connectivity index (χ0v) is 8.93. The van der Waals surface area contributed by atoms with Gasteiger partial charge in [0.2, 0.25) is 0 Å². The van der Waals surface area contributed by atoms with Gasteiger partial charge in [-0.05, 0) is 13.1 Å². The Labute approximate surface area is 91.6 Å². The molecule has 0 aromatic carbocycles. The lowest BCUT2D eigenvalue weighted by atomic mass is 10.2. The highest BCUT2D eigenvalue weighted by atomic mass is 19.4. The van der Waals surface area contributed by atoms with Crippen molar-refractivity contribution >= 4 is 0 Å². The van der Waals surface area contributed by atoms with E-state index < -0.39 is 12.6 Å². The Hall–Kier alpha value is -1.01. The van der Waals surface area contributed by atoms with Gasteiger partial charge in [-0.15, -0.1) is 0 Å². The highest BCUT2D eigenvalue weighted by molar-refractivity contribution is 5.15. The lowest BCUT2D eigenvalue weighted by Gasteiger charge is -2.07. The van der Waals surface area contributed by atoms with Crippen LogP contribution in [0.1, 0.15) is 17.7 Å². The molecule has 0 amide bonds. The number of halogens is 3. The Balaban J connectivity index is 2.29.